The van der Waals surface area contributed by atoms with E-state index in [9.17, 15) is 29.1 Å². The van der Waals surface area contributed by atoms with Gasteiger partial charge in [-0.05, 0) is 43.5 Å². The van der Waals surface area contributed by atoms with Crippen LogP contribution in [-0.4, -0.2) is 101 Å². The van der Waals surface area contributed by atoms with E-state index >= 15 is 0 Å². The summed E-state index contributed by atoms with van der Waals surface area (Å²) < 4.78 is 0. The van der Waals surface area contributed by atoms with Gasteiger partial charge in [-0.1, -0.05) is 0 Å². The number of aromatic amines is 1. The van der Waals surface area contributed by atoms with Gasteiger partial charge >= 0.3 is 49.7 Å². The van der Waals surface area contributed by atoms with Gasteiger partial charge in [-0.3, -0.25) is 24.2 Å². The average Bonchev–Trinajstić information content (AvgIpc) is 2.80. The first kappa shape index (κ1) is 28.1. The molecule has 180 valence electrons. The molecule has 1 aromatic heterocycles. The maximum absolute atomic E-state index is 12.4. The van der Waals surface area contributed by atoms with Gasteiger partial charge in [0.1, 0.15) is 11.7 Å². The number of nitrogens with one attached hydrogen (secondary N) is 3. The first-order chi connectivity index (χ1) is 16.2. The number of fused-ring (bicyclic) bond motifs is 1. The molecule has 2 atom stereocenters. The number of amides is 2. The summed E-state index contributed by atoms with van der Waals surface area (Å²) >= 11 is 0. The molecule has 35 heavy (non-hydrogen) atoms. The van der Waals surface area contributed by atoms with Gasteiger partial charge in [0.25, 0.3) is 11.5 Å². The van der Waals surface area contributed by atoms with Gasteiger partial charge < -0.3 is 31.5 Å². The van der Waals surface area contributed by atoms with Gasteiger partial charge in [-0.25, -0.2) is 9.78 Å². The van der Waals surface area contributed by atoms with Crippen LogP contribution in [0.5, 0.6) is 0 Å². The standard InChI is InChI=1S/C21H24N6O7.Ca/c22-21-25-14-6-3-12(23-17(14)19(32)26-21)9-27(10-28)13-4-1-11(2-5-13)18(31)24-15(20(33)34)7-8-16(29)30;/h1-2,4-5,10,12,15,23H,3,6-9H2,(H,24,31)(H,29,30)(H,33,34)(H3,22,25,26,32);/q;+2. The third-order valence-corrected chi connectivity index (χ3v) is 5.35. The summed E-state index contributed by atoms with van der Waals surface area (Å²) in [4.78, 5) is 66.1. The van der Waals surface area contributed by atoms with Gasteiger partial charge in [-0.2, -0.15) is 0 Å². The molecule has 1 aromatic carbocycles. The van der Waals surface area contributed by atoms with Crippen LogP contribution >= 0.6 is 0 Å². The smallest absolute Gasteiger partial charge is 0.481 e. The third-order valence-electron chi connectivity index (χ3n) is 5.35. The van der Waals surface area contributed by atoms with Crippen molar-refractivity contribution in [2.75, 3.05) is 22.5 Å². The molecule has 2 aromatic rings. The Morgan fingerprint density at radius 2 is 1.94 bits per heavy atom. The molecule has 0 spiro atoms. The number of nitrogens with zero attached hydrogens (tertiary/aromatic N) is 2. The Hall–Kier alpha value is -3.16. The molecule has 1 aliphatic heterocycles. The van der Waals surface area contributed by atoms with Crippen LogP contribution in [-0.2, 0) is 20.8 Å². The molecule has 0 radical (unpaired) electrons. The Bertz CT molecular complexity index is 1150. The second-order valence-corrected chi connectivity index (χ2v) is 7.75. The molecular weight excluding hydrogens is 488 g/mol. The van der Waals surface area contributed by atoms with Crippen LogP contribution in [0.2, 0.25) is 0 Å². The van der Waals surface area contributed by atoms with Crippen molar-refractivity contribution < 1.29 is 29.4 Å². The number of H-pyrrole nitrogens is 1. The van der Waals surface area contributed by atoms with Gasteiger partial charge in [0.2, 0.25) is 12.4 Å². The summed E-state index contributed by atoms with van der Waals surface area (Å²) in [6.07, 6.45) is 1.10. The Labute approximate surface area is 229 Å². The minimum absolute atomic E-state index is 0. The fourth-order valence-electron chi connectivity index (χ4n) is 3.61. The van der Waals surface area contributed by atoms with Crippen molar-refractivity contribution in [3.8, 4) is 0 Å². The number of carboxylic acids is 2. The number of rotatable bonds is 10. The monoisotopic (exact) mass is 512 g/mol. The number of anilines is 3. The van der Waals surface area contributed by atoms with E-state index in [0.29, 0.717) is 36.3 Å². The van der Waals surface area contributed by atoms with E-state index in [0.717, 1.165) is 0 Å². The summed E-state index contributed by atoms with van der Waals surface area (Å²) in [6.45, 7) is 0.245. The molecule has 2 unspecified atom stereocenters. The second-order valence-electron chi connectivity index (χ2n) is 7.75. The molecule has 7 N–H and O–H groups in total. The van der Waals surface area contributed by atoms with Gasteiger partial charge in [0.05, 0.1) is 5.69 Å². The first-order valence-electron chi connectivity index (χ1n) is 10.4. The number of benzene rings is 1. The average molecular weight is 513 g/mol. The molecule has 0 bridgehead atoms. The number of aryl methyl sites for hydroxylation is 1. The zero-order chi connectivity index (χ0) is 24.8. The minimum atomic E-state index is -1.34. The van der Waals surface area contributed by atoms with Crippen molar-refractivity contribution in [2.24, 2.45) is 0 Å². The SMILES string of the molecule is Nc1nc2c(c(=O)[nH]1)NC(CN(C=O)c1ccc(C(=O)NC(CCC(=O)O)C(=O)O)cc1)CC2.[Ca+2]. The van der Waals surface area contributed by atoms with Crippen LogP contribution < -0.4 is 26.8 Å². The quantitative estimate of drug-likeness (QED) is 0.176. The van der Waals surface area contributed by atoms with E-state index < -0.39 is 30.3 Å². The summed E-state index contributed by atoms with van der Waals surface area (Å²) in [6, 6.07) is 4.35. The maximum Gasteiger partial charge on any atom is 2.00 e. The van der Waals surface area contributed by atoms with Crippen molar-refractivity contribution >= 4 is 79.3 Å². The van der Waals surface area contributed by atoms with E-state index in [2.05, 4.69) is 20.6 Å². The third kappa shape index (κ3) is 7.41. The number of aliphatic carboxylic acids is 2. The molecule has 14 heteroatoms. The van der Waals surface area contributed by atoms with E-state index in [1.807, 2.05) is 0 Å². The second kappa shape index (κ2) is 12.5. The van der Waals surface area contributed by atoms with Crippen LogP contribution in [0.1, 0.15) is 35.3 Å². The van der Waals surface area contributed by atoms with Crippen molar-refractivity contribution in [1.82, 2.24) is 15.3 Å². The molecule has 3 rings (SSSR count). The number of nitrogen functional groups attached to an aromatic ring is 1. The van der Waals surface area contributed by atoms with Crippen LogP contribution in [0.15, 0.2) is 29.1 Å². The Kier molecular flexibility index (Phi) is 10.0. The molecule has 13 nitrogen and oxygen atoms in total. The largest absolute Gasteiger partial charge is 2.00 e. The minimum Gasteiger partial charge on any atom is -0.481 e. The van der Waals surface area contributed by atoms with Crippen molar-refractivity contribution in [3.05, 3.63) is 45.9 Å². The van der Waals surface area contributed by atoms with Crippen LogP contribution in [0.3, 0.4) is 0 Å². The van der Waals surface area contributed by atoms with Crippen molar-refractivity contribution in [3.63, 3.8) is 0 Å². The van der Waals surface area contributed by atoms with E-state index in [1.165, 1.54) is 29.2 Å². The van der Waals surface area contributed by atoms with E-state index in [1.54, 1.807) is 0 Å². The zero-order valence-electron chi connectivity index (χ0n) is 18.7. The summed E-state index contributed by atoms with van der Waals surface area (Å²) in [5.74, 6) is -3.14. The normalized spacial score (nSPS) is 14.9. The predicted octanol–water partition coefficient (Wildman–Crippen LogP) is -0.591. The van der Waals surface area contributed by atoms with E-state index in [4.69, 9.17) is 10.8 Å². The zero-order valence-corrected chi connectivity index (χ0v) is 20.9. The molecular formula is C21H24CaN6O7+2. The van der Waals surface area contributed by atoms with Crippen LogP contribution in [0.25, 0.3) is 0 Å². The molecule has 0 aliphatic carbocycles. The summed E-state index contributed by atoms with van der Waals surface area (Å²) in [7, 11) is 0. The van der Waals surface area contributed by atoms with Crippen LogP contribution in [0.4, 0.5) is 17.3 Å². The van der Waals surface area contributed by atoms with Crippen molar-refractivity contribution in [2.45, 2.75) is 37.8 Å². The fourth-order valence-corrected chi connectivity index (χ4v) is 3.61. The van der Waals surface area contributed by atoms with Crippen LogP contribution in [0, 0.1) is 0 Å². The predicted molar refractivity (Wildman–Crippen MR) is 126 cm³/mol. The Morgan fingerprint density at radius 3 is 2.54 bits per heavy atom. The molecule has 1 aliphatic rings. The fraction of sp³-hybridized carbons (Fsp3) is 0.333. The van der Waals surface area contributed by atoms with Gasteiger partial charge in [0.15, 0.2) is 0 Å². The Balaban J connectivity index is 0.00000432. The number of carboxylic acid groups (broad SMARTS) is 2. The van der Waals surface area contributed by atoms with Gasteiger partial charge in [0, 0.05) is 30.3 Å². The number of hydrogen-bond donors (Lipinski definition) is 6. The number of nitrogens with two attached hydrogens (primary N) is 1. The summed E-state index contributed by atoms with van der Waals surface area (Å²) in [5, 5.41) is 23.3. The molecule has 0 saturated heterocycles. The van der Waals surface area contributed by atoms with Crippen molar-refractivity contribution in [1.29, 1.82) is 0 Å². The maximum atomic E-state index is 12.4. The molecule has 0 fully saturated rings. The first-order valence-corrected chi connectivity index (χ1v) is 10.4. The molecule has 0 saturated carbocycles. The number of hydrogen-bond acceptors (Lipinski definition) is 8. The Morgan fingerprint density at radius 1 is 1.26 bits per heavy atom. The molecule has 2 amide bonds. The molecule has 2 heterocycles. The summed E-state index contributed by atoms with van der Waals surface area (Å²) in [5.41, 5.74) is 6.70. The number of carbonyl (C=O) groups excluding carboxylic acids is 2. The van der Waals surface area contributed by atoms with Gasteiger partial charge in [-0.15, -0.1) is 0 Å². The van der Waals surface area contributed by atoms with E-state index in [-0.39, 0.29) is 73.8 Å². The number of aromatic nitrogens is 2. The number of carbonyl (C=O) groups is 4. The topological polar surface area (TPSA) is 208 Å².